The molecule has 8 nitrogen and oxygen atoms in total. The van der Waals surface area contributed by atoms with Gasteiger partial charge in [0.2, 0.25) is 11.9 Å². The third-order valence-corrected chi connectivity index (χ3v) is 13.2. The number of rotatable bonds is 6. The van der Waals surface area contributed by atoms with Crippen LogP contribution in [0.1, 0.15) is 0 Å². The second-order valence-corrected chi connectivity index (χ2v) is 17.0. The van der Waals surface area contributed by atoms with Gasteiger partial charge < -0.3 is 0 Å². The van der Waals surface area contributed by atoms with E-state index < -0.39 is 0 Å². The summed E-state index contributed by atoms with van der Waals surface area (Å²) in [6, 6.07) is 74.3. The van der Waals surface area contributed by atoms with Crippen molar-refractivity contribution < 1.29 is 0 Å². The van der Waals surface area contributed by atoms with Gasteiger partial charge in [0.1, 0.15) is 16.7 Å². The van der Waals surface area contributed by atoms with Gasteiger partial charge in [-0.3, -0.25) is 9.13 Å². The molecule has 0 aliphatic carbocycles. The van der Waals surface area contributed by atoms with Crippen molar-refractivity contribution in [3.05, 3.63) is 219 Å². The van der Waals surface area contributed by atoms with Crippen LogP contribution in [-0.4, -0.2) is 38.9 Å². The van der Waals surface area contributed by atoms with E-state index >= 15 is 0 Å². The second kappa shape index (κ2) is 14.6. The first-order valence-corrected chi connectivity index (χ1v) is 22.4. The van der Waals surface area contributed by atoms with Crippen LogP contribution >= 0.6 is 0 Å². The quantitative estimate of drug-likeness (QED) is 0.166. The topological polar surface area (TPSA) is 79.2 Å². The molecule has 0 N–H and O–H groups in total. The van der Waals surface area contributed by atoms with Crippen molar-refractivity contribution >= 4 is 76.3 Å². The van der Waals surface area contributed by atoms with Gasteiger partial charge in [0.05, 0.1) is 45.2 Å². The third-order valence-electron chi connectivity index (χ3n) is 13.2. The number of aromatic nitrogens is 8. The summed E-state index contributed by atoms with van der Waals surface area (Å²) in [7, 11) is 0. The summed E-state index contributed by atoms with van der Waals surface area (Å²) in [6.07, 6.45) is 1.84. The summed E-state index contributed by atoms with van der Waals surface area (Å²) in [5.41, 5.74) is 13.6. The fourth-order valence-corrected chi connectivity index (χ4v) is 10.1. The lowest BCUT2D eigenvalue weighted by molar-refractivity contribution is 0.908. The molecule has 9 aromatic carbocycles. The van der Waals surface area contributed by atoms with Crippen LogP contribution in [0.15, 0.2) is 219 Å². The smallest absolute Gasteiger partial charge is 0.235 e. The fraction of sp³-hybridized carbons (Fsp3) is 0. The van der Waals surface area contributed by atoms with Gasteiger partial charge >= 0.3 is 0 Å². The first kappa shape index (κ1) is 37.1. The maximum atomic E-state index is 5.39. The normalized spacial score (nSPS) is 11.9. The molecule has 0 unspecified atom stereocenters. The van der Waals surface area contributed by atoms with E-state index in [-0.39, 0.29) is 0 Å². The lowest BCUT2D eigenvalue weighted by atomic mass is 9.99. The van der Waals surface area contributed by atoms with Crippen LogP contribution < -0.4 is 0 Å². The van der Waals surface area contributed by atoms with Crippen LogP contribution in [-0.2, 0) is 0 Å². The molecule has 0 aliphatic heterocycles. The van der Waals surface area contributed by atoms with Crippen LogP contribution in [0.4, 0.5) is 0 Å². The fourth-order valence-electron chi connectivity index (χ4n) is 10.1. The molecule has 8 heteroatoms. The summed E-state index contributed by atoms with van der Waals surface area (Å²) in [6.45, 7) is 0. The maximum absolute atomic E-state index is 5.39. The van der Waals surface area contributed by atoms with E-state index in [1.807, 2.05) is 59.4 Å². The molecule has 0 aliphatic rings. The maximum Gasteiger partial charge on any atom is 0.235 e. The van der Waals surface area contributed by atoms with Gasteiger partial charge in [0.15, 0.2) is 0 Å². The summed E-state index contributed by atoms with van der Waals surface area (Å²) < 4.78 is 6.37. The molecule has 0 bridgehead atoms. The van der Waals surface area contributed by atoms with E-state index in [1.54, 1.807) is 0 Å². The molecule has 14 aromatic rings. The van der Waals surface area contributed by atoms with Crippen LogP contribution in [0.25, 0.3) is 128 Å². The minimum Gasteiger partial charge on any atom is -0.278 e. The molecule has 0 amide bonds. The minimum atomic E-state index is 0.588. The monoisotopic (exact) mass is 856 g/mol. The van der Waals surface area contributed by atoms with E-state index in [0.29, 0.717) is 11.9 Å². The molecular weight excluding hydrogens is 821 g/mol. The Morgan fingerprint density at radius 2 is 0.866 bits per heavy atom. The minimum absolute atomic E-state index is 0.588. The molecular formula is C59H36N8. The number of benzene rings is 9. The van der Waals surface area contributed by atoms with Gasteiger partial charge in [-0.2, -0.15) is 5.10 Å². The highest BCUT2D eigenvalue weighted by Crippen LogP contribution is 2.41. The van der Waals surface area contributed by atoms with Crippen molar-refractivity contribution in [1.82, 2.24) is 38.9 Å². The summed E-state index contributed by atoms with van der Waals surface area (Å²) in [4.78, 5) is 21.2. The molecule has 0 atom stereocenters. The Labute approximate surface area is 383 Å². The second-order valence-electron chi connectivity index (χ2n) is 17.0. The predicted molar refractivity (Wildman–Crippen MR) is 272 cm³/mol. The Kier molecular flexibility index (Phi) is 8.11. The van der Waals surface area contributed by atoms with E-state index in [1.165, 1.54) is 16.2 Å². The SMILES string of the molecule is c1ccc(-c2nc(-n3c4ccc(-c5ccc6c(c5)c5ccccc5n6-c5nc(-c6ccccc6)c6c(cnn6-c6ccccc6)n5)cc4c4c5ccccc5ccc43)nc3ccccc23)cc1. The van der Waals surface area contributed by atoms with E-state index in [9.17, 15) is 0 Å². The highest BCUT2D eigenvalue weighted by Gasteiger charge is 2.23. The van der Waals surface area contributed by atoms with Crippen molar-refractivity contribution in [2.75, 3.05) is 0 Å². The van der Waals surface area contributed by atoms with Crippen LogP contribution in [0.2, 0.25) is 0 Å². The Bertz CT molecular complexity index is 4270. The Morgan fingerprint density at radius 1 is 0.328 bits per heavy atom. The molecule has 14 rings (SSSR count). The van der Waals surface area contributed by atoms with Gasteiger partial charge in [-0.25, -0.2) is 24.6 Å². The van der Waals surface area contributed by atoms with Crippen molar-refractivity contribution in [2.24, 2.45) is 0 Å². The molecule has 67 heavy (non-hydrogen) atoms. The van der Waals surface area contributed by atoms with E-state index in [0.717, 1.165) is 99.5 Å². The zero-order chi connectivity index (χ0) is 44.0. The van der Waals surface area contributed by atoms with Gasteiger partial charge in [-0.05, 0) is 76.5 Å². The van der Waals surface area contributed by atoms with Gasteiger partial charge in [-0.1, -0.05) is 158 Å². The van der Waals surface area contributed by atoms with Crippen molar-refractivity contribution in [2.45, 2.75) is 0 Å². The molecule has 0 saturated heterocycles. The highest BCUT2D eigenvalue weighted by molar-refractivity contribution is 6.22. The van der Waals surface area contributed by atoms with Crippen LogP contribution in [0.3, 0.4) is 0 Å². The summed E-state index contributed by atoms with van der Waals surface area (Å²) in [5, 5.41) is 12.8. The van der Waals surface area contributed by atoms with Gasteiger partial charge in [0.25, 0.3) is 0 Å². The number of nitrogens with zero attached hydrogens (tertiary/aromatic N) is 8. The average Bonchev–Trinajstić information content (AvgIpc) is 4.09. The Balaban J connectivity index is 0.970. The molecule has 5 aromatic heterocycles. The third kappa shape index (κ3) is 5.76. The molecule has 0 spiro atoms. The predicted octanol–water partition coefficient (Wildman–Crippen LogP) is 14.1. The van der Waals surface area contributed by atoms with E-state index in [4.69, 9.17) is 25.0 Å². The zero-order valence-electron chi connectivity index (χ0n) is 35.9. The standard InChI is InChI=1S/C59H36N8/c1-4-17-38(18-5-1)55-45-25-12-14-26-48(45)61-58(63-55)66-52-32-30-41(35-47(52)54-43-23-11-10-16-37(43)28-33-53(54)66)40-29-31-51-46(34-40)44-24-13-15-27-50(44)65(51)59-62-49-36-60-67(42-21-8-3-9-22-42)57(49)56(64-59)39-19-6-2-7-20-39/h1-36H. The van der Waals surface area contributed by atoms with Crippen molar-refractivity contribution in [3.8, 4) is 51.2 Å². The van der Waals surface area contributed by atoms with Crippen LogP contribution in [0.5, 0.6) is 0 Å². The first-order chi connectivity index (χ1) is 33.2. The lowest BCUT2D eigenvalue weighted by Gasteiger charge is -2.12. The lowest BCUT2D eigenvalue weighted by Crippen LogP contribution is -2.05. The zero-order valence-corrected chi connectivity index (χ0v) is 35.9. The number of hydrogen-bond acceptors (Lipinski definition) is 5. The molecule has 0 fully saturated rings. The Hall–Kier alpha value is -9.27. The first-order valence-electron chi connectivity index (χ1n) is 22.4. The largest absolute Gasteiger partial charge is 0.278 e. The number of hydrogen-bond donors (Lipinski definition) is 0. The summed E-state index contributed by atoms with van der Waals surface area (Å²) >= 11 is 0. The van der Waals surface area contributed by atoms with Crippen LogP contribution in [0, 0.1) is 0 Å². The summed E-state index contributed by atoms with van der Waals surface area (Å²) in [5.74, 6) is 1.23. The number of fused-ring (bicyclic) bond motifs is 10. The molecule has 0 radical (unpaired) electrons. The number of para-hydroxylation sites is 3. The molecule has 312 valence electrons. The molecule has 5 heterocycles. The average molecular weight is 857 g/mol. The van der Waals surface area contributed by atoms with E-state index in [2.05, 4.69) is 173 Å². The van der Waals surface area contributed by atoms with Crippen molar-refractivity contribution in [3.63, 3.8) is 0 Å². The van der Waals surface area contributed by atoms with Crippen molar-refractivity contribution in [1.29, 1.82) is 0 Å². The van der Waals surface area contributed by atoms with Gasteiger partial charge in [-0.15, -0.1) is 0 Å². The van der Waals surface area contributed by atoms with Gasteiger partial charge in [0, 0.05) is 38.1 Å². The Morgan fingerprint density at radius 3 is 1.63 bits per heavy atom. The highest BCUT2D eigenvalue weighted by atomic mass is 15.3. The molecule has 0 saturated carbocycles.